The fraction of sp³-hybridized carbons (Fsp3) is 0.111. The van der Waals surface area contributed by atoms with Crippen LogP contribution in [-0.2, 0) is 4.84 Å². The molecule has 1 atom stereocenters. The predicted molar refractivity (Wildman–Crippen MR) is 62.0 cm³/mol. The highest BCUT2D eigenvalue weighted by molar-refractivity contribution is 14.1. The molecule has 0 heterocycles. The molecular formula is C9H11IN2O. The molecule has 4 heteroatoms. The van der Waals surface area contributed by atoms with Gasteiger partial charge in [0.2, 0.25) is 0 Å². The summed E-state index contributed by atoms with van der Waals surface area (Å²) in [6, 6.07) is 7.71. The lowest BCUT2D eigenvalue weighted by atomic mass is 10.1. The van der Waals surface area contributed by atoms with Crippen LogP contribution in [0, 0.1) is 0 Å². The van der Waals surface area contributed by atoms with Gasteiger partial charge in [-0.1, -0.05) is 34.7 Å². The van der Waals surface area contributed by atoms with E-state index >= 15 is 0 Å². The molecule has 1 rings (SSSR count). The summed E-state index contributed by atoms with van der Waals surface area (Å²) in [6.07, 6.45) is 3.33. The molecule has 0 aliphatic rings. The molecule has 0 bridgehead atoms. The minimum Gasteiger partial charge on any atom is -0.420 e. The second-order valence-electron chi connectivity index (χ2n) is 2.53. The van der Waals surface area contributed by atoms with Gasteiger partial charge >= 0.3 is 0 Å². The van der Waals surface area contributed by atoms with Crippen molar-refractivity contribution in [3.05, 3.63) is 42.2 Å². The molecule has 1 unspecified atom stereocenters. The molecule has 0 amide bonds. The number of allylic oxidation sites excluding steroid dienone is 1. The lowest BCUT2D eigenvalue weighted by Gasteiger charge is -2.04. The van der Waals surface area contributed by atoms with Gasteiger partial charge < -0.3 is 10.6 Å². The van der Waals surface area contributed by atoms with Crippen molar-refractivity contribution in [2.24, 2.45) is 5.90 Å². The summed E-state index contributed by atoms with van der Waals surface area (Å²) in [6.45, 7) is 0. The zero-order valence-electron chi connectivity index (χ0n) is 6.98. The molecule has 70 valence electrons. The van der Waals surface area contributed by atoms with E-state index in [-0.39, 0.29) is 3.92 Å². The fourth-order valence-corrected chi connectivity index (χ4v) is 1.49. The Hall–Kier alpha value is -0.750. The van der Waals surface area contributed by atoms with E-state index in [0.29, 0.717) is 0 Å². The van der Waals surface area contributed by atoms with E-state index in [4.69, 9.17) is 11.6 Å². The zero-order valence-corrected chi connectivity index (χ0v) is 9.14. The molecule has 1 aromatic carbocycles. The number of hydrogen-bond acceptors (Lipinski definition) is 3. The summed E-state index contributed by atoms with van der Waals surface area (Å²) in [5, 5.41) is 0. The maximum atomic E-state index is 5.56. The SMILES string of the molecule is NO/C=C\C(I)c1ccc(N)cc1. The van der Waals surface area contributed by atoms with Crippen molar-refractivity contribution < 1.29 is 4.84 Å². The van der Waals surface area contributed by atoms with Crippen molar-refractivity contribution >= 4 is 28.3 Å². The van der Waals surface area contributed by atoms with Crippen LogP contribution >= 0.6 is 22.6 Å². The highest BCUT2D eigenvalue weighted by atomic mass is 127. The van der Waals surface area contributed by atoms with Gasteiger partial charge in [-0.3, -0.25) is 0 Å². The lowest BCUT2D eigenvalue weighted by molar-refractivity contribution is 0.260. The minimum atomic E-state index is 0.252. The van der Waals surface area contributed by atoms with E-state index in [1.807, 2.05) is 30.3 Å². The highest BCUT2D eigenvalue weighted by Crippen LogP contribution is 2.25. The van der Waals surface area contributed by atoms with Crippen molar-refractivity contribution in [3.8, 4) is 0 Å². The van der Waals surface area contributed by atoms with Crippen LogP contribution in [0.25, 0.3) is 0 Å². The van der Waals surface area contributed by atoms with Crippen LogP contribution in [0.4, 0.5) is 5.69 Å². The zero-order chi connectivity index (χ0) is 9.68. The second-order valence-corrected chi connectivity index (χ2v) is 3.88. The second kappa shape index (κ2) is 5.08. The first-order valence-corrected chi connectivity index (χ1v) is 5.00. The normalized spacial score (nSPS) is 13.1. The molecule has 0 aliphatic carbocycles. The lowest BCUT2D eigenvalue weighted by Crippen LogP contribution is -1.91. The summed E-state index contributed by atoms with van der Waals surface area (Å²) >= 11 is 2.28. The summed E-state index contributed by atoms with van der Waals surface area (Å²) in [7, 11) is 0. The summed E-state index contributed by atoms with van der Waals surface area (Å²) in [4.78, 5) is 4.35. The van der Waals surface area contributed by atoms with Crippen LogP contribution in [0.3, 0.4) is 0 Å². The maximum Gasteiger partial charge on any atom is 0.108 e. The van der Waals surface area contributed by atoms with E-state index in [0.717, 1.165) is 5.69 Å². The Kier molecular flexibility index (Phi) is 4.04. The van der Waals surface area contributed by atoms with Crippen LogP contribution in [0.5, 0.6) is 0 Å². The average molecular weight is 290 g/mol. The van der Waals surface area contributed by atoms with Gasteiger partial charge in [0.1, 0.15) is 6.26 Å². The summed E-state index contributed by atoms with van der Waals surface area (Å²) < 4.78 is 0.252. The standard InChI is InChI=1S/C9H11IN2O/c10-9(5-6-13-12)7-1-3-8(11)4-2-7/h1-6,9H,11-12H2/b6-5-. The first-order valence-electron chi connectivity index (χ1n) is 3.76. The Bertz CT molecular complexity index is 284. The number of halogens is 1. The Morgan fingerprint density at radius 3 is 2.46 bits per heavy atom. The number of rotatable bonds is 3. The number of hydrogen-bond donors (Lipinski definition) is 2. The number of nitrogen functional groups attached to an aromatic ring is 1. The van der Waals surface area contributed by atoms with Gasteiger partial charge in [0.15, 0.2) is 0 Å². The van der Waals surface area contributed by atoms with E-state index in [2.05, 4.69) is 27.4 Å². The van der Waals surface area contributed by atoms with E-state index in [9.17, 15) is 0 Å². The van der Waals surface area contributed by atoms with Gasteiger partial charge in [-0.15, -0.1) is 0 Å². The first kappa shape index (κ1) is 10.3. The van der Waals surface area contributed by atoms with E-state index in [1.54, 1.807) is 0 Å². The number of alkyl halides is 1. The molecule has 0 fully saturated rings. The molecule has 0 aromatic heterocycles. The average Bonchev–Trinajstić information content (AvgIpc) is 2.15. The topological polar surface area (TPSA) is 61.3 Å². The van der Waals surface area contributed by atoms with Gasteiger partial charge in [-0.05, 0) is 23.8 Å². The first-order chi connectivity index (χ1) is 6.24. The Balaban J connectivity index is 2.71. The van der Waals surface area contributed by atoms with Crippen molar-refractivity contribution in [1.29, 1.82) is 0 Å². The van der Waals surface area contributed by atoms with Crippen LogP contribution in [-0.4, -0.2) is 0 Å². The van der Waals surface area contributed by atoms with E-state index in [1.165, 1.54) is 11.8 Å². The molecule has 4 N–H and O–H groups in total. The van der Waals surface area contributed by atoms with Gasteiger partial charge in [0, 0.05) is 5.69 Å². The van der Waals surface area contributed by atoms with Crippen molar-refractivity contribution in [2.75, 3.05) is 5.73 Å². The van der Waals surface area contributed by atoms with Crippen molar-refractivity contribution in [1.82, 2.24) is 0 Å². The number of anilines is 1. The van der Waals surface area contributed by atoms with Gasteiger partial charge in [-0.25, -0.2) is 0 Å². The van der Waals surface area contributed by atoms with Crippen molar-refractivity contribution in [3.63, 3.8) is 0 Å². The Morgan fingerprint density at radius 2 is 1.92 bits per heavy atom. The molecule has 0 spiro atoms. The van der Waals surface area contributed by atoms with Crippen LogP contribution in [0.15, 0.2) is 36.6 Å². The summed E-state index contributed by atoms with van der Waals surface area (Å²) in [5.41, 5.74) is 7.50. The molecule has 0 aliphatic heterocycles. The predicted octanol–water partition coefficient (Wildman–Crippen LogP) is 2.15. The molecule has 0 radical (unpaired) electrons. The van der Waals surface area contributed by atoms with Crippen molar-refractivity contribution in [2.45, 2.75) is 3.92 Å². The molecular weight excluding hydrogens is 279 g/mol. The van der Waals surface area contributed by atoms with Gasteiger partial charge in [0.25, 0.3) is 0 Å². The van der Waals surface area contributed by atoms with Gasteiger partial charge in [-0.2, -0.15) is 5.90 Å². The monoisotopic (exact) mass is 290 g/mol. The minimum absolute atomic E-state index is 0.252. The smallest absolute Gasteiger partial charge is 0.108 e. The van der Waals surface area contributed by atoms with Gasteiger partial charge in [0.05, 0.1) is 3.92 Å². The molecule has 3 nitrogen and oxygen atoms in total. The fourth-order valence-electron chi connectivity index (χ4n) is 0.905. The number of benzene rings is 1. The highest BCUT2D eigenvalue weighted by Gasteiger charge is 2.01. The summed E-state index contributed by atoms with van der Waals surface area (Å²) in [5.74, 6) is 4.87. The Morgan fingerprint density at radius 1 is 1.31 bits per heavy atom. The molecule has 0 saturated heterocycles. The number of nitrogens with two attached hydrogens (primary N) is 2. The third-order valence-electron chi connectivity index (χ3n) is 1.58. The van der Waals surface area contributed by atoms with Crippen LogP contribution < -0.4 is 11.6 Å². The largest absolute Gasteiger partial charge is 0.420 e. The Labute approximate surface area is 90.8 Å². The quantitative estimate of drug-likeness (QED) is 0.295. The molecule has 13 heavy (non-hydrogen) atoms. The van der Waals surface area contributed by atoms with Crippen LogP contribution in [0.1, 0.15) is 9.49 Å². The third-order valence-corrected chi connectivity index (χ3v) is 2.72. The molecule has 1 aromatic rings. The van der Waals surface area contributed by atoms with E-state index < -0.39 is 0 Å². The molecule has 0 saturated carbocycles. The maximum absolute atomic E-state index is 5.56. The van der Waals surface area contributed by atoms with Crippen LogP contribution in [0.2, 0.25) is 0 Å². The third kappa shape index (κ3) is 3.23.